The van der Waals surface area contributed by atoms with E-state index in [0.717, 1.165) is 44.7 Å². The highest BCUT2D eigenvalue weighted by Gasteiger charge is 2.16. The molecule has 1 aliphatic rings. The zero-order chi connectivity index (χ0) is 19.2. The molecule has 3 heterocycles. The number of nitrogen functional groups attached to an aromatic ring is 1. The molecule has 2 atom stereocenters. The normalized spacial score (nSPS) is 18.7. The van der Waals surface area contributed by atoms with Gasteiger partial charge in [0.15, 0.2) is 11.5 Å². The van der Waals surface area contributed by atoms with Gasteiger partial charge in [-0.25, -0.2) is 4.79 Å². The van der Waals surface area contributed by atoms with Crippen molar-refractivity contribution in [3.8, 4) is 6.01 Å². The number of hydrogen-bond donors (Lipinski definition) is 3. The number of hydrogen-bond acceptors (Lipinski definition) is 6. The molecule has 1 unspecified atom stereocenters. The van der Waals surface area contributed by atoms with Crippen LogP contribution in [0.25, 0.3) is 11.2 Å². The summed E-state index contributed by atoms with van der Waals surface area (Å²) in [7, 11) is 0. The van der Waals surface area contributed by atoms with Crippen LogP contribution in [0.4, 0.5) is 5.82 Å². The second kappa shape index (κ2) is 9.21. The van der Waals surface area contributed by atoms with Gasteiger partial charge in [-0.05, 0) is 58.0 Å². The number of aromatic nitrogens is 4. The van der Waals surface area contributed by atoms with E-state index in [-0.39, 0.29) is 23.6 Å². The number of anilines is 1. The van der Waals surface area contributed by atoms with Crippen molar-refractivity contribution < 1.29 is 4.74 Å². The van der Waals surface area contributed by atoms with E-state index in [1.807, 2.05) is 6.92 Å². The van der Waals surface area contributed by atoms with E-state index in [4.69, 9.17) is 10.5 Å². The van der Waals surface area contributed by atoms with Crippen molar-refractivity contribution in [2.75, 3.05) is 18.8 Å². The Morgan fingerprint density at radius 2 is 2.22 bits per heavy atom. The van der Waals surface area contributed by atoms with Crippen LogP contribution < -0.4 is 21.5 Å². The molecule has 0 radical (unpaired) electrons. The molecule has 8 heteroatoms. The molecule has 150 valence electrons. The van der Waals surface area contributed by atoms with E-state index in [0.29, 0.717) is 17.7 Å². The monoisotopic (exact) mass is 376 g/mol. The van der Waals surface area contributed by atoms with Gasteiger partial charge in [0.05, 0.1) is 6.10 Å². The molecular weight excluding hydrogens is 344 g/mol. The second-order valence-electron chi connectivity index (χ2n) is 7.60. The molecule has 0 aromatic carbocycles. The molecule has 1 saturated heterocycles. The predicted molar refractivity (Wildman–Crippen MR) is 107 cm³/mol. The third kappa shape index (κ3) is 5.00. The lowest BCUT2D eigenvalue weighted by Crippen LogP contribution is -2.29. The Balaban J connectivity index is 1.67. The van der Waals surface area contributed by atoms with E-state index in [2.05, 4.69) is 27.2 Å². The van der Waals surface area contributed by atoms with Crippen molar-refractivity contribution in [3.63, 3.8) is 0 Å². The topological polar surface area (TPSA) is 111 Å². The quantitative estimate of drug-likeness (QED) is 0.580. The van der Waals surface area contributed by atoms with E-state index in [1.165, 1.54) is 19.3 Å². The summed E-state index contributed by atoms with van der Waals surface area (Å²) >= 11 is 0. The molecule has 4 N–H and O–H groups in total. The molecule has 1 aliphatic heterocycles. The third-order valence-electron chi connectivity index (χ3n) is 5.27. The maximum Gasteiger partial charge on any atom is 0.327 e. The first-order valence-corrected chi connectivity index (χ1v) is 10.2. The highest BCUT2D eigenvalue weighted by molar-refractivity contribution is 5.81. The summed E-state index contributed by atoms with van der Waals surface area (Å²) in [4.78, 5) is 23.8. The molecule has 27 heavy (non-hydrogen) atoms. The van der Waals surface area contributed by atoms with Gasteiger partial charge in [-0.2, -0.15) is 9.97 Å². The van der Waals surface area contributed by atoms with Crippen LogP contribution >= 0.6 is 0 Å². The number of aryl methyl sites for hydroxylation is 1. The van der Waals surface area contributed by atoms with Crippen molar-refractivity contribution >= 4 is 17.0 Å². The molecule has 8 nitrogen and oxygen atoms in total. The van der Waals surface area contributed by atoms with E-state index < -0.39 is 0 Å². The van der Waals surface area contributed by atoms with Gasteiger partial charge in [0.25, 0.3) is 0 Å². The van der Waals surface area contributed by atoms with Crippen molar-refractivity contribution in [2.45, 2.75) is 71.4 Å². The lowest BCUT2D eigenvalue weighted by molar-refractivity contribution is 0.193. The lowest BCUT2D eigenvalue weighted by atomic mass is 9.94. The van der Waals surface area contributed by atoms with Crippen molar-refractivity contribution in [1.82, 2.24) is 24.8 Å². The van der Waals surface area contributed by atoms with E-state index >= 15 is 0 Å². The van der Waals surface area contributed by atoms with Gasteiger partial charge in [-0.1, -0.05) is 19.8 Å². The minimum Gasteiger partial charge on any atom is -0.460 e. The minimum absolute atomic E-state index is 0.00932. The largest absolute Gasteiger partial charge is 0.460 e. The zero-order valence-corrected chi connectivity index (χ0v) is 16.5. The Morgan fingerprint density at radius 3 is 2.96 bits per heavy atom. The first-order chi connectivity index (χ1) is 13.1. The van der Waals surface area contributed by atoms with E-state index in [9.17, 15) is 4.79 Å². The molecule has 0 spiro atoms. The van der Waals surface area contributed by atoms with Crippen molar-refractivity contribution in [3.05, 3.63) is 10.5 Å². The Hall–Kier alpha value is -2.09. The molecule has 3 rings (SSSR count). The van der Waals surface area contributed by atoms with Crippen LogP contribution in [-0.2, 0) is 6.54 Å². The number of fused-ring (bicyclic) bond motifs is 1. The molecular formula is C19H32N6O2. The number of rotatable bonds is 9. The van der Waals surface area contributed by atoms with Crippen LogP contribution in [0.15, 0.2) is 4.79 Å². The molecule has 0 bridgehead atoms. The van der Waals surface area contributed by atoms with Crippen molar-refractivity contribution in [1.29, 1.82) is 0 Å². The van der Waals surface area contributed by atoms with Gasteiger partial charge < -0.3 is 20.8 Å². The first kappa shape index (κ1) is 19.7. The number of imidazole rings is 1. The number of piperidine rings is 1. The molecule has 0 saturated carbocycles. The second-order valence-corrected chi connectivity index (χ2v) is 7.60. The molecule has 2 aromatic rings. The number of nitrogens with two attached hydrogens (primary N) is 1. The van der Waals surface area contributed by atoms with Crippen LogP contribution in [0.2, 0.25) is 0 Å². The summed E-state index contributed by atoms with van der Waals surface area (Å²) in [5, 5.41) is 3.45. The van der Waals surface area contributed by atoms with Gasteiger partial charge in [-0.15, -0.1) is 0 Å². The average molecular weight is 377 g/mol. The van der Waals surface area contributed by atoms with Crippen LogP contribution in [0.1, 0.15) is 58.8 Å². The summed E-state index contributed by atoms with van der Waals surface area (Å²) in [6, 6.07) is 0.238. The number of nitrogens with zero attached hydrogens (tertiary/aromatic N) is 3. The minimum atomic E-state index is -0.191. The highest BCUT2D eigenvalue weighted by atomic mass is 16.5. The maximum atomic E-state index is 12.4. The number of ether oxygens (including phenoxy) is 1. The van der Waals surface area contributed by atoms with Gasteiger partial charge >= 0.3 is 11.7 Å². The van der Waals surface area contributed by atoms with Crippen LogP contribution in [-0.4, -0.2) is 38.7 Å². The predicted octanol–water partition coefficient (Wildman–Crippen LogP) is 2.44. The first-order valence-electron chi connectivity index (χ1n) is 10.2. The Bertz CT molecular complexity index is 793. The summed E-state index contributed by atoms with van der Waals surface area (Å²) < 4.78 is 7.43. The van der Waals surface area contributed by atoms with Crippen LogP contribution in [0, 0.1) is 5.92 Å². The third-order valence-corrected chi connectivity index (χ3v) is 5.27. The summed E-state index contributed by atoms with van der Waals surface area (Å²) in [6.45, 7) is 6.97. The van der Waals surface area contributed by atoms with E-state index in [1.54, 1.807) is 4.57 Å². The fraction of sp³-hybridized carbons (Fsp3) is 0.737. The number of unbranched alkanes of at least 4 members (excludes halogenated alkanes) is 1. The van der Waals surface area contributed by atoms with Gasteiger partial charge in [0.2, 0.25) is 0 Å². The van der Waals surface area contributed by atoms with Crippen LogP contribution in [0.5, 0.6) is 6.01 Å². The Kier molecular flexibility index (Phi) is 6.71. The number of nitrogens with one attached hydrogen (secondary N) is 2. The smallest absolute Gasteiger partial charge is 0.327 e. The lowest BCUT2D eigenvalue weighted by Gasteiger charge is -2.22. The number of H-pyrrole nitrogens is 1. The van der Waals surface area contributed by atoms with Gasteiger partial charge in [-0.3, -0.25) is 4.57 Å². The van der Waals surface area contributed by atoms with Gasteiger partial charge in [0.1, 0.15) is 5.52 Å². The summed E-state index contributed by atoms with van der Waals surface area (Å²) in [6.07, 6.45) is 7.75. The Morgan fingerprint density at radius 1 is 1.37 bits per heavy atom. The number of aromatic amines is 1. The summed E-state index contributed by atoms with van der Waals surface area (Å²) in [5.41, 5.74) is 6.85. The average Bonchev–Trinajstić information content (AvgIpc) is 2.96. The zero-order valence-electron chi connectivity index (χ0n) is 16.5. The Labute approximate surface area is 159 Å². The fourth-order valence-corrected chi connectivity index (χ4v) is 3.81. The van der Waals surface area contributed by atoms with Crippen LogP contribution in [0.3, 0.4) is 0 Å². The standard InChI is InChI=1S/C19H32N6O2/c1-3-7-13(2)27-18-23-16(20)15-17(24-18)25(19(26)22-15)11-5-4-8-14-9-6-10-21-12-14/h13-14,21H,3-12H2,1-2H3,(H,22,26)(H2,20,23,24)/t13-,14?/m0/s1. The SMILES string of the molecule is CCC[C@H](C)Oc1nc(N)c2[nH]c(=O)n(CCCCC3CCCNC3)c2n1. The highest BCUT2D eigenvalue weighted by Crippen LogP contribution is 2.20. The molecule has 0 aliphatic carbocycles. The molecule has 2 aromatic heterocycles. The molecule has 0 amide bonds. The fourth-order valence-electron chi connectivity index (χ4n) is 3.81. The maximum absolute atomic E-state index is 12.4. The van der Waals surface area contributed by atoms with Crippen molar-refractivity contribution in [2.24, 2.45) is 5.92 Å². The molecule has 1 fully saturated rings. The van der Waals surface area contributed by atoms with Gasteiger partial charge in [0, 0.05) is 6.54 Å². The summed E-state index contributed by atoms with van der Waals surface area (Å²) in [5.74, 6) is 1.01.